The van der Waals surface area contributed by atoms with Gasteiger partial charge in [0.15, 0.2) is 0 Å². The van der Waals surface area contributed by atoms with Crippen LogP contribution >= 0.6 is 0 Å². The summed E-state index contributed by atoms with van der Waals surface area (Å²) in [5.74, 6) is -2.41. The molecule has 5 nitrogen and oxygen atoms in total. The second-order valence-electron chi connectivity index (χ2n) is 4.57. The Balaban J connectivity index is 2.95. The second-order valence-corrected chi connectivity index (χ2v) is 6.48. The Kier molecular flexibility index (Phi) is 6.07. The van der Waals surface area contributed by atoms with Crippen molar-refractivity contribution >= 4 is 21.6 Å². The average Bonchev–Trinajstić information content (AvgIpc) is 2.36. The molecule has 1 N–H and O–H groups in total. The first-order valence-electron chi connectivity index (χ1n) is 6.45. The van der Waals surface area contributed by atoms with Gasteiger partial charge in [0.1, 0.15) is 18.2 Å². The number of rotatable bonds is 7. The van der Waals surface area contributed by atoms with Crippen LogP contribution in [0, 0.1) is 11.6 Å². The lowest BCUT2D eigenvalue weighted by molar-refractivity contribution is -0.119. The number of unbranched alkanes of at least 4 members (excludes halogenated alkanes) is 1. The molecule has 0 saturated heterocycles. The van der Waals surface area contributed by atoms with Crippen molar-refractivity contribution in [3.63, 3.8) is 0 Å². The molecule has 1 aromatic rings. The summed E-state index contributed by atoms with van der Waals surface area (Å²) in [7, 11) is -3.87. The summed E-state index contributed by atoms with van der Waals surface area (Å²) >= 11 is 0. The number of carbonyl (C=O) groups is 1. The number of amides is 1. The smallest absolute Gasteiger partial charge is 0.240 e. The molecule has 0 radical (unpaired) electrons. The third-order valence-electron chi connectivity index (χ3n) is 2.72. The maximum absolute atomic E-state index is 13.7. The normalized spacial score (nSPS) is 11.2. The molecule has 8 heteroatoms. The standard InChI is InChI=1S/C13H18F2N2O3S/c1-3-4-7-16-13(18)9-17(21(2,19)20)12-6-5-10(14)8-11(12)15/h5-6,8H,3-4,7,9H2,1-2H3,(H,16,18). The third kappa shape index (κ3) is 5.30. The Morgan fingerprint density at radius 2 is 2.00 bits per heavy atom. The van der Waals surface area contributed by atoms with Gasteiger partial charge >= 0.3 is 0 Å². The molecular formula is C13H18F2N2O3S. The average molecular weight is 320 g/mol. The maximum atomic E-state index is 13.7. The van der Waals surface area contributed by atoms with Gasteiger partial charge in [-0.05, 0) is 18.6 Å². The Hall–Kier alpha value is -1.70. The van der Waals surface area contributed by atoms with Crippen LogP contribution in [0.2, 0.25) is 0 Å². The fourth-order valence-electron chi connectivity index (χ4n) is 1.66. The molecular weight excluding hydrogens is 302 g/mol. The zero-order valence-corrected chi connectivity index (χ0v) is 12.7. The van der Waals surface area contributed by atoms with E-state index < -0.39 is 34.1 Å². The number of benzene rings is 1. The van der Waals surface area contributed by atoms with Crippen molar-refractivity contribution in [2.75, 3.05) is 23.7 Å². The van der Waals surface area contributed by atoms with E-state index >= 15 is 0 Å². The summed E-state index contributed by atoms with van der Waals surface area (Å²) in [5.41, 5.74) is -0.357. The Bertz CT molecular complexity index is 605. The number of carbonyl (C=O) groups excluding carboxylic acids is 1. The molecule has 0 heterocycles. The van der Waals surface area contributed by atoms with Crippen LogP contribution in [0.5, 0.6) is 0 Å². The molecule has 21 heavy (non-hydrogen) atoms. The van der Waals surface area contributed by atoms with Crippen LogP contribution in [0.25, 0.3) is 0 Å². The molecule has 0 bridgehead atoms. The van der Waals surface area contributed by atoms with Crippen LogP contribution in [0.1, 0.15) is 19.8 Å². The van der Waals surface area contributed by atoms with Crippen LogP contribution < -0.4 is 9.62 Å². The fraction of sp³-hybridized carbons (Fsp3) is 0.462. The van der Waals surface area contributed by atoms with Crippen LogP contribution in [0.4, 0.5) is 14.5 Å². The van der Waals surface area contributed by atoms with Crippen LogP contribution in [0.15, 0.2) is 18.2 Å². The van der Waals surface area contributed by atoms with Crippen molar-refractivity contribution in [2.24, 2.45) is 0 Å². The van der Waals surface area contributed by atoms with Gasteiger partial charge in [0.25, 0.3) is 0 Å². The molecule has 0 aromatic heterocycles. The van der Waals surface area contributed by atoms with Gasteiger partial charge < -0.3 is 5.32 Å². The van der Waals surface area contributed by atoms with Crippen molar-refractivity contribution in [1.29, 1.82) is 0 Å². The highest BCUT2D eigenvalue weighted by Gasteiger charge is 2.23. The summed E-state index contributed by atoms with van der Waals surface area (Å²) < 4.78 is 50.7. The molecule has 1 amide bonds. The Labute approximate surface area is 123 Å². The molecule has 0 atom stereocenters. The lowest BCUT2D eigenvalue weighted by Gasteiger charge is -2.22. The predicted octanol–water partition coefficient (Wildman–Crippen LogP) is 1.65. The molecule has 118 valence electrons. The summed E-state index contributed by atoms with van der Waals surface area (Å²) in [4.78, 5) is 11.7. The van der Waals surface area contributed by atoms with Gasteiger partial charge in [-0.15, -0.1) is 0 Å². The minimum atomic E-state index is -3.87. The van der Waals surface area contributed by atoms with Crippen molar-refractivity contribution in [2.45, 2.75) is 19.8 Å². The summed E-state index contributed by atoms with van der Waals surface area (Å²) in [6, 6.07) is 2.50. The molecule has 0 aliphatic heterocycles. The summed E-state index contributed by atoms with van der Waals surface area (Å²) in [6.45, 7) is 1.81. The van der Waals surface area contributed by atoms with Crippen molar-refractivity contribution in [1.82, 2.24) is 5.32 Å². The van der Waals surface area contributed by atoms with E-state index in [4.69, 9.17) is 0 Å². The molecule has 0 spiro atoms. The van der Waals surface area contributed by atoms with E-state index in [9.17, 15) is 22.0 Å². The zero-order chi connectivity index (χ0) is 16.0. The second kappa shape index (κ2) is 7.35. The highest BCUT2D eigenvalue weighted by molar-refractivity contribution is 7.92. The SMILES string of the molecule is CCCCNC(=O)CN(c1ccc(F)cc1F)S(C)(=O)=O. The van der Waals surface area contributed by atoms with Gasteiger partial charge in [-0.1, -0.05) is 13.3 Å². The van der Waals surface area contributed by atoms with E-state index in [1.165, 1.54) is 0 Å². The van der Waals surface area contributed by atoms with Gasteiger partial charge in [-0.2, -0.15) is 0 Å². The molecule has 1 rings (SSSR count). The fourth-order valence-corrected chi connectivity index (χ4v) is 2.51. The molecule has 0 aliphatic carbocycles. The predicted molar refractivity (Wildman–Crippen MR) is 76.5 cm³/mol. The van der Waals surface area contributed by atoms with Crippen LogP contribution in [0.3, 0.4) is 0 Å². The largest absolute Gasteiger partial charge is 0.355 e. The number of nitrogens with zero attached hydrogens (tertiary/aromatic N) is 1. The maximum Gasteiger partial charge on any atom is 0.240 e. The Morgan fingerprint density at radius 3 is 2.52 bits per heavy atom. The van der Waals surface area contributed by atoms with Crippen LogP contribution in [-0.4, -0.2) is 33.7 Å². The summed E-state index contributed by atoms with van der Waals surface area (Å²) in [5, 5.41) is 2.55. The minimum Gasteiger partial charge on any atom is -0.355 e. The first kappa shape index (κ1) is 17.4. The van der Waals surface area contributed by atoms with Gasteiger partial charge in [0.2, 0.25) is 15.9 Å². The Morgan fingerprint density at radius 1 is 1.33 bits per heavy atom. The lowest BCUT2D eigenvalue weighted by atomic mass is 10.3. The quantitative estimate of drug-likeness (QED) is 0.777. The van der Waals surface area contributed by atoms with E-state index in [0.717, 1.165) is 31.2 Å². The van der Waals surface area contributed by atoms with Gasteiger partial charge in [0.05, 0.1) is 11.9 Å². The topological polar surface area (TPSA) is 66.5 Å². The molecule has 0 unspecified atom stereocenters. The number of hydrogen-bond acceptors (Lipinski definition) is 3. The number of halogens is 2. The highest BCUT2D eigenvalue weighted by atomic mass is 32.2. The first-order chi connectivity index (χ1) is 9.75. The van der Waals surface area contributed by atoms with E-state index in [1.54, 1.807) is 0 Å². The third-order valence-corrected chi connectivity index (χ3v) is 3.84. The number of nitrogens with one attached hydrogen (secondary N) is 1. The van der Waals surface area contributed by atoms with Crippen molar-refractivity contribution in [3.05, 3.63) is 29.8 Å². The minimum absolute atomic E-state index is 0.357. The van der Waals surface area contributed by atoms with Crippen molar-refractivity contribution < 1.29 is 22.0 Å². The number of sulfonamides is 1. The van der Waals surface area contributed by atoms with Gasteiger partial charge in [-0.3, -0.25) is 9.10 Å². The lowest BCUT2D eigenvalue weighted by Crippen LogP contribution is -2.41. The zero-order valence-electron chi connectivity index (χ0n) is 11.9. The van der Waals surface area contributed by atoms with E-state index in [2.05, 4.69) is 5.32 Å². The highest BCUT2D eigenvalue weighted by Crippen LogP contribution is 2.22. The molecule has 0 fully saturated rings. The number of hydrogen-bond donors (Lipinski definition) is 1. The first-order valence-corrected chi connectivity index (χ1v) is 8.30. The monoisotopic (exact) mass is 320 g/mol. The van der Waals surface area contributed by atoms with E-state index in [1.807, 2.05) is 6.92 Å². The van der Waals surface area contributed by atoms with Gasteiger partial charge in [0, 0.05) is 12.6 Å². The summed E-state index contributed by atoms with van der Waals surface area (Å²) in [6.07, 6.45) is 2.49. The van der Waals surface area contributed by atoms with E-state index in [-0.39, 0.29) is 5.69 Å². The number of anilines is 1. The molecule has 0 saturated carbocycles. The van der Waals surface area contributed by atoms with Crippen molar-refractivity contribution in [3.8, 4) is 0 Å². The van der Waals surface area contributed by atoms with Gasteiger partial charge in [-0.25, -0.2) is 17.2 Å². The van der Waals surface area contributed by atoms with Crippen LogP contribution in [-0.2, 0) is 14.8 Å². The van der Waals surface area contributed by atoms with E-state index in [0.29, 0.717) is 16.9 Å². The molecule has 0 aliphatic rings. The molecule has 1 aromatic carbocycles.